The molecule has 0 radical (unpaired) electrons. The number of amides is 1. The molecule has 1 unspecified atom stereocenters. The molecule has 2 N–H and O–H groups in total. The lowest BCUT2D eigenvalue weighted by Gasteiger charge is -2.36. The van der Waals surface area contributed by atoms with Gasteiger partial charge in [0.05, 0.1) is 0 Å². The number of rotatable bonds is 6. The number of phenols is 1. The predicted octanol–water partition coefficient (Wildman–Crippen LogP) is 2.35. The van der Waals surface area contributed by atoms with Gasteiger partial charge in [0, 0.05) is 12.6 Å². The van der Waals surface area contributed by atoms with Crippen LogP contribution in [0.2, 0.25) is 0 Å². The van der Waals surface area contributed by atoms with Gasteiger partial charge in [-0.3, -0.25) is 9.69 Å². The van der Waals surface area contributed by atoms with Gasteiger partial charge in [-0.2, -0.15) is 8.42 Å². The molecule has 0 spiro atoms. The summed E-state index contributed by atoms with van der Waals surface area (Å²) in [6.45, 7) is 1.24. The average Bonchev–Trinajstić information content (AvgIpc) is 3.02. The number of aromatic hydroxyl groups is 1. The second-order valence-corrected chi connectivity index (χ2v) is 9.66. The normalized spacial score (nSPS) is 21.3. The molecule has 9 heteroatoms. The van der Waals surface area contributed by atoms with Gasteiger partial charge in [0.15, 0.2) is 5.82 Å². The Kier molecular flexibility index (Phi) is 6.15. The SMILES string of the molecule is O=C1CN(c2c(O)ccc(CC3CCCCN3CCc3ccccc3)c2F)S(=O)(=O)N1. The summed E-state index contributed by atoms with van der Waals surface area (Å²) in [6, 6.07) is 13.1. The quantitative estimate of drug-likeness (QED) is 0.710. The highest BCUT2D eigenvalue weighted by atomic mass is 32.2. The number of hydrogen-bond acceptors (Lipinski definition) is 5. The van der Waals surface area contributed by atoms with Crippen molar-refractivity contribution in [2.75, 3.05) is 23.9 Å². The molecule has 166 valence electrons. The zero-order valence-electron chi connectivity index (χ0n) is 17.1. The molecule has 0 saturated carbocycles. The highest BCUT2D eigenvalue weighted by molar-refractivity contribution is 7.92. The van der Waals surface area contributed by atoms with Gasteiger partial charge in [-0.15, -0.1) is 0 Å². The van der Waals surface area contributed by atoms with Gasteiger partial charge in [-0.25, -0.2) is 13.4 Å². The second-order valence-electron chi connectivity index (χ2n) is 8.07. The molecule has 2 heterocycles. The Morgan fingerprint density at radius 2 is 1.90 bits per heavy atom. The summed E-state index contributed by atoms with van der Waals surface area (Å²) in [7, 11) is -4.21. The van der Waals surface area contributed by atoms with Crippen LogP contribution in [0.5, 0.6) is 5.75 Å². The molecule has 1 amide bonds. The van der Waals surface area contributed by atoms with Gasteiger partial charge in [-0.05, 0) is 49.4 Å². The van der Waals surface area contributed by atoms with Crippen molar-refractivity contribution in [2.45, 2.75) is 38.1 Å². The van der Waals surface area contributed by atoms with Crippen LogP contribution < -0.4 is 9.03 Å². The van der Waals surface area contributed by atoms with E-state index in [0.717, 1.165) is 38.8 Å². The molecule has 0 bridgehead atoms. The Hall–Kier alpha value is -2.65. The van der Waals surface area contributed by atoms with Gasteiger partial charge in [0.25, 0.3) is 5.91 Å². The monoisotopic (exact) mass is 447 g/mol. The Bertz CT molecular complexity index is 1060. The highest BCUT2D eigenvalue weighted by Crippen LogP contribution is 2.36. The number of benzene rings is 2. The number of phenolic OH excluding ortho intramolecular Hbond substituents is 1. The minimum absolute atomic E-state index is 0.124. The first-order valence-electron chi connectivity index (χ1n) is 10.5. The lowest BCUT2D eigenvalue weighted by molar-refractivity contribution is -0.117. The summed E-state index contributed by atoms with van der Waals surface area (Å²) in [5.41, 5.74) is 1.11. The topological polar surface area (TPSA) is 90.0 Å². The fourth-order valence-electron chi connectivity index (χ4n) is 4.39. The zero-order chi connectivity index (χ0) is 22.0. The molecule has 2 aromatic rings. The van der Waals surface area contributed by atoms with Crippen LogP contribution in [0.4, 0.5) is 10.1 Å². The van der Waals surface area contributed by atoms with Crippen molar-refractivity contribution >= 4 is 21.8 Å². The first-order valence-corrected chi connectivity index (χ1v) is 11.9. The molecule has 2 aliphatic heterocycles. The first-order chi connectivity index (χ1) is 14.8. The number of carbonyl (C=O) groups excluding carboxylic acids is 1. The van der Waals surface area contributed by atoms with Crippen molar-refractivity contribution in [1.29, 1.82) is 0 Å². The maximum Gasteiger partial charge on any atom is 0.326 e. The Labute approximate surface area is 181 Å². The minimum Gasteiger partial charge on any atom is -0.506 e. The number of nitrogens with one attached hydrogen (secondary N) is 1. The van der Waals surface area contributed by atoms with Gasteiger partial charge in [-0.1, -0.05) is 42.8 Å². The standard InChI is InChI=1S/C22H26FN3O4S/c23-21-17(9-10-19(27)22(21)26-15-20(28)24-31(26,29)30)14-18-8-4-5-12-25(18)13-11-16-6-2-1-3-7-16/h1-3,6-7,9-10,18,27H,4-5,8,11-15H2,(H,24,28). The van der Waals surface area contributed by atoms with E-state index in [1.54, 1.807) is 0 Å². The maximum atomic E-state index is 15.4. The molecule has 1 atom stereocenters. The van der Waals surface area contributed by atoms with E-state index in [2.05, 4.69) is 17.0 Å². The molecule has 7 nitrogen and oxygen atoms in total. The van der Waals surface area contributed by atoms with Gasteiger partial charge in [0.1, 0.15) is 18.0 Å². The lowest BCUT2D eigenvalue weighted by atomic mass is 9.94. The molecule has 2 aromatic carbocycles. The summed E-state index contributed by atoms with van der Waals surface area (Å²) in [6.07, 6.45) is 4.38. The largest absolute Gasteiger partial charge is 0.506 e. The number of likely N-dealkylation sites (tertiary alicyclic amines) is 1. The van der Waals surface area contributed by atoms with Crippen LogP contribution in [-0.4, -0.2) is 50.0 Å². The second kappa shape index (κ2) is 8.84. The molecule has 0 aliphatic carbocycles. The summed E-state index contributed by atoms with van der Waals surface area (Å²) in [5, 5.41) is 10.2. The van der Waals surface area contributed by atoms with Crippen molar-refractivity contribution in [3.63, 3.8) is 0 Å². The van der Waals surface area contributed by atoms with Crippen molar-refractivity contribution in [3.05, 3.63) is 59.4 Å². The van der Waals surface area contributed by atoms with E-state index in [1.165, 1.54) is 17.7 Å². The first kappa shape index (κ1) is 21.6. The minimum atomic E-state index is -4.21. The molecule has 2 saturated heterocycles. The number of hydrogen-bond donors (Lipinski definition) is 2. The Balaban J connectivity index is 1.54. The summed E-state index contributed by atoms with van der Waals surface area (Å²) in [5.74, 6) is -2.07. The highest BCUT2D eigenvalue weighted by Gasteiger charge is 2.38. The molecular formula is C22H26FN3O4S. The van der Waals surface area contributed by atoms with E-state index < -0.39 is 39.9 Å². The van der Waals surface area contributed by atoms with E-state index in [0.29, 0.717) is 16.3 Å². The number of carbonyl (C=O) groups is 1. The Morgan fingerprint density at radius 3 is 2.61 bits per heavy atom. The van der Waals surface area contributed by atoms with E-state index in [9.17, 15) is 18.3 Å². The van der Waals surface area contributed by atoms with Crippen LogP contribution in [0.1, 0.15) is 30.4 Å². The van der Waals surface area contributed by atoms with Crippen molar-refractivity contribution in [1.82, 2.24) is 9.62 Å². The number of piperidine rings is 1. The zero-order valence-corrected chi connectivity index (χ0v) is 17.9. The third-order valence-electron chi connectivity index (χ3n) is 5.98. The average molecular weight is 448 g/mol. The van der Waals surface area contributed by atoms with E-state index in [1.807, 2.05) is 22.9 Å². The molecule has 2 fully saturated rings. The van der Waals surface area contributed by atoms with Crippen LogP contribution in [0, 0.1) is 5.82 Å². The lowest BCUT2D eigenvalue weighted by Crippen LogP contribution is -2.42. The fraction of sp³-hybridized carbons (Fsp3) is 0.409. The summed E-state index contributed by atoms with van der Waals surface area (Å²) >= 11 is 0. The van der Waals surface area contributed by atoms with Crippen LogP contribution >= 0.6 is 0 Å². The molecular weight excluding hydrogens is 421 g/mol. The van der Waals surface area contributed by atoms with Crippen molar-refractivity contribution < 1.29 is 22.7 Å². The third-order valence-corrected chi connectivity index (χ3v) is 7.36. The molecule has 31 heavy (non-hydrogen) atoms. The maximum absolute atomic E-state index is 15.4. The van der Waals surface area contributed by atoms with E-state index >= 15 is 4.39 Å². The van der Waals surface area contributed by atoms with Gasteiger partial charge in [0.2, 0.25) is 0 Å². The summed E-state index contributed by atoms with van der Waals surface area (Å²) < 4.78 is 42.1. The Morgan fingerprint density at radius 1 is 1.13 bits per heavy atom. The van der Waals surface area contributed by atoms with Crippen molar-refractivity contribution in [2.24, 2.45) is 0 Å². The fourth-order valence-corrected chi connectivity index (χ4v) is 5.56. The van der Waals surface area contributed by atoms with Crippen LogP contribution in [0.15, 0.2) is 42.5 Å². The van der Waals surface area contributed by atoms with Crippen LogP contribution in [0.3, 0.4) is 0 Å². The molecule has 0 aromatic heterocycles. The van der Waals surface area contributed by atoms with Crippen LogP contribution in [-0.2, 0) is 27.8 Å². The summed E-state index contributed by atoms with van der Waals surface area (Å²) in [4.78, 5) is 13.9. The van der Waals surface area contributed by atoms with Crippen LogP contribution in [0.25, 0.3) is 0 Å². The number of anilines is 1. The predicted molar refractivity (Wildman–Crippen MR) is 116 cm³/mol. The van der Waals surface area contributed by atoms with E-state index in [4.69, 9.17) is 0 Å². The number of halogens is 1. The smallest absolute Gasteiger partial charge is 0.326 e. The number of nitrogens with zero attached hydrogens (tertiary/aromatic N) is 2. The van der Waals surface area contributed by atoms with E-state index in [-0.39, 0.29) is 6.04 Å². The van der Waals surface area contributed by atoms with Gasteiger partial charge >= 0.3 is 10.2 Å². The molecule has 4 rings (SSSR count). The van der Waals surface area contributed by atoms with Crippen molar-refractivity contribution in [3.8, 4) is 5.75 Å². The third kappa shape index (κ3) is 4.67. The van der Waals surface area contributed by atoms with Gasteiger partial charge < -0.3 is 5.11 Å². The molecule has 2 aliphatic rings.